The van der Waals surface area contributed by atoms with Crippen molar-refractivity contribution in [3.63, 3.8) is 0 Å². The van der Waals surface area contributed by atoms with Crippen LogP contribution in [0.1, 0.15) is 43.7 Å². The Balaban J connectivity index is 1.89. The molecule has 0 N–H and O–H groups in total. The van der Waals surface area contributed by atoms with Gasteiger partial charge in [-0.05, 0) is 49.2 Å². The Bertz CT molecular complexity index is 1090. The van der Waals surface area contributed by atoms with Crippen molar-refractivity contribution in [1.82, 2.24) is 0 Å². The van der Waals surface area contributed by atoms with Gasteiger partial charge in [0.25, 0.3) is 0 Å². The van der Waals surface area contributed by atoms with Gasteiger partial charge < -0.3 is 18.5 Å². The van der Waals surface area contributed by atoms with E-state index in [2.05, 4.69) is 0 Å². The number of hydrogen-bond donors (Lipinski definition) is 0. The van der Waals surface area contributed by atoms with Gasteiger partial charge in [-0.1, -0.05) is 54.6 Å². The van der Waals surface area contributed by atoms with E-state index in [0.717, 1.165) is 22.1 Å². The fraction of sp³-hybridized carbons (Fsp3) is 0.320. The van der Waals surface area contributed by atoms with Gasteiger partial charge in [-0.3, -0.25) is 9.36 Å². The van der Waals surface area contributed by atoms with Crippen molar-refractivity contribution in [2.24, 2.45) is 0 Å². The summed E-state index contributed by atoms with van der Waals surface area (Å²) < 4.78 is 35.6. The Morgan fingerprint density at radius 3 is 2.12 bits per heavy atom. The summed E-state index contributed by atoms with van der Waals surface area (Å²) in [5.41, 5.74) is 1.35. The second kappa shape index (κ2) is 10.8. The molecule has 0 aliphatic rings. The number of rotatable bonds is 10. The van der Waals surface area contributed by atoms with Crippen molar-refractivity contribution in [2.75, 3.05) is 20.3 Å². The van der Waals surface area contributed by atoms with E-state index in [9.17, 15) is 9.36 Å². The van der Waals surface area contributed by atoms with Gasteiger partial charge >= 0.3 is 13.6 Å². The van der Waals surface area contributed by atoms with E-state index in [4.69, 9.17) is 18.5 Å². The number of hydrogen-bond acceptors (Lipinski definition) is 6. The van der Waals surface area contributed by atoms with E-state index < -0.39 is 25.3 Å². The summed E-state index contributed by atoms with van der Waals surface area (Å²) in [6.45, 7) is 5.55. The normalized spacial score (nSPS) is 13.5. The summed E-state index contributed by atoms with van der Waals surface area (Å²) in [7, 11) is -2.12. The molecule has 0 fully saturated rings. The van der Waals surface area contributed by atoms with E-state index in [1.807, 2.05) is 42.5 Å². The van der Waals surface area contributed by atoms with Crippen LogP contribution in [0.4, 0.5) is 0 Å². The van der Waals surface area contributed by atoms with Gasteiger partial charge in [0.1, 0.15) is 5.75 Å². The van der Waals surface area contributed by atoms with Crippen molar-refractivity contribution < 1.29 is 27.9 Å². The SMILES string of the molecule is CCOP(=O)(OCC)[C@H](OC(=O)[C@@H](C)c1ccc2cc(OC)ccc2c1)c1ccccc1. The lowest BCUT2D eigenvalue weighted by Crippen LogP contribution is -2.19. The van der Waals surface area contributed by atoms with Crippen LogP contribution >= 0.6 is 7.60 Å². The molecule has 0 aromatic heterocycles. The van der Waals surface area contributed by atoms with Gasteiger partial charge in [0.15, 0.2) is 0 Å². The van der Waals surface area contributed by atoms with Crippen LogP contribution in [0.5, 0.6) is 5.75 Å². The Morgan fingerprint density at radius 2 is 1.50 bits per heavy atom. The molecule has 7 heteroatoms. The Kier molecular flexibility index (Phi) is 8.08. The summed E-state index contributed by atoms with van der Waals surface area (Å²) in [4.78, 5) is 13.1. The molecule has 0 spiro atoms. The molecule has 0 bridgehead atoms. The van der Waals surface area contributed by atoms with Crippen molar-refractivity contribution in [3.05, 3.63) is 77.9 Å². The predicted octanol–water partition coefficient (Wildman–Crippen LogP) is 6.46. The molecule has 3 aromatic carbocycles. The molecule has 0 heterocycles. The molecule has 0 saturated carbocycles. The molecule has 0 aliphatic heterocycles. The average Bonchev–Trinajstić information content (AvgIpc) is 2.82. The topological polar surface area (TPSA) is 71.1 Å². The first kappa shape index (κ1) is 24.0. The van der Waals surface area contributed by atoms with Crippen LogP contribution in [0.2, 0.25) is 0 Å². The fourth-order valence-corrected chi connectivity index (χ4v) is 5.29. The maximum atomic E-state index is 13.5. The average molecular weight is 456 g/mol. The maximum absolute atomic E-state index is 13.5. The van der Waals surface area contributed by atoms with Gasteiger partial charge in [0, 0.05) is 5.56 Å². The third kappa shape index (κ3) is 5.39. The van der Waals surface area contributed by atoms with Crippen LogP contribution in [0.25, 0.3) is 10.8 Å². The van der Waals surface area contributed by atoms with Crippen molar-refractivity contribution in [2.45, 2.75) is 32.5 Å². The zero-order valence-corrected chi connectivity index (χ0v) is 19.7. The summed E-state index contributed by atoms with van der Waals surface area (Å²) in [5, 5.41) is 1.99. The van der Waals surface area contributed by atoms with E-state index in [-0.39, 0.29) is 13.2 Å². The number of methoxy groups -OCH3 is 1. The first-order chi connectivity index (χ1) is 15.4. The van der Waals surface area contributed by atoms with E-state index in [1.54, 1.807) is 52.1 Å². The monoisotopic (exact) mass is 456 g/mol. The Morgan fingerprint density at radius 1 is 0.875 bits per heavy atom. The minimum Gasteiger partial charge on any atom is -0.497 e. The van der Waals surface area contributed by atoms with Crippen LogP contribution in [0.15, 0.2) is 66.7 Å². The minimum absolute atomic E-state index is 0.169. The lowest BCUT2D eigenvalue weighted by molar-refractivity contribution is -0.148. The van der Waals surface area contributed by atoms with Gasteiger partial charge in [-0.2, -0.15) is 0 Å². The quantitative estimate of drug-likeness (QED) is 0.258. The second-order valence-corrected chi connectivity index (χ2v) is 9.33. The molecule has 0 radical (unpaired) electrons. The highest BCUT2D eigenvalue weighted by atomic mass is 31.2. The zero-order valence-electron chi connectivity index (χ0n) is 18.8. The Labute approximate surface area is 189 Å². The van der Waals surface area contributed by atoms with Gasteiger partial charge in [0.05, 0.1) is 26.2 Å². The lowest BCUT2D eigenvalue weighted by atomic mass is 9.98. The van der Waals surface area contributed by atoms with E-state index in [0.29, 0.717) is 5.56 Å². The van der Waals surface area contributed by atoms with Gasteiger partial charge in [-0.15, -0.1) is 0 Å². The minimum atomic E-state index is -3.74. The Hall–Kier alpha value is -2.66. The first-order valence-electron chi connectivity index (χ1n) is 10.6. The second-order valence-electron chi connectivity index (χ2n) is 7.27. The number of fused-ring (bicyclic) bond motifs is 1. The maximum Gasteiger partial charge on any atom is 0.375 e. The van der Waals surface area contributed by atoms with Crippen LogP contribution < -0.4 is 4.74 Å². The van der Waals surface area contributed by atoms with Crippen LogP contribution in [0, 0.1) is 0 Å². The van der Waals surface area contributed by atoms with Gasteiger partial charge in [0.2, 0.25) is 5.85 Å². The molecule has 3 rings (SSSR count). The fourth-order valence-electron chi connectivity index (χ4n) is 3.45. The molecule has 3 aromatic rings. The first-order valence-corrected chi connectivity index (χ1v) is 12.2. The van der Waals surface area contributed by atoms with Crippen LogP contribution in [0.3, 0.4) is 0 Å². The molecular weight excluding hydrogens is 427 g/mol. The van der Waals surface area contributed by atoms with Crippen LogP contribution in [-0.2, 0) is 23.1 Å². The largest absolute Gasteiger partial charge is 0.497 e. The molecule has 6 nitrogen and oxygen atoms in total. The number of carbonyl (C=O) groups is 1. The molecule has 32 heavy (non-hydrogen) atoms. The predicted molar refractivity (Wildman–Crippen MR) is 125 cm³/mol. The summed E-state index contributed by atoms with van der Waals surface area (Å²) in [6.07, 6.45) is 0. The molecule has 0 saturated heterocycles. The third-order valence-corrected chi connectivity index (χ3v) is 7.36. The standard InChI is InChI=1S/C25H29O6P/c1-5-29-32(27,30-6-2)25(19-10-8-7-9-11-19)31-24(26)18(3)20-12-13-22-17-23(28-4)15-14-21(22)16-20/h7-18,25H,5-6H2,1-4H3/t18-,25-/m0/s1. The van der Waals surface area contributed by atoms with E-state index in [1.165, 1.54) is 0 Å². The van der Waals surface area contributed by atoms with E-state index >= 15 is 0 Å². The third-order valence-electron chi connectivity index (χ3n) is 5.14. The van der Waals surface area contributed by atoms with Crippen molar-refractivity contribution in [1.29, 1.82) is 0 Å². The summed E-state index contributed by atoms with van der Waals surface area (Å²) in [6, 6.07) is 20.4. The number of esters is 1. The number of carbonyl (C=O) groups excluding carboxylic acids is 1. The molecule has 2 atom stereocenters. The molecule has 170 valence electrons. The highest BCUT2D eigenvalue weighted by molar-refractivity contribution is 7.54. The zero-order chi connectivity index (χ0) is 23.1. The highest BCUT2D eigenvalue weighted by Gasteiger charge is 2.41. The highest BCUT2D eigenvalue weighted by Crippen LogP contribution is 2.61. The number of benzene rings is 3. The smallest absolute Gasteiger partial charge is 0.375 e. The lowest BCUT2D eigenvalue weighted by Gasteiger charge is -2.27. The molecular formula is C25H29O6P. The molecule has 0 unspecified atom stereocenters. The van der Waals surface area contributed by atoms with Crippen molar-refractivity contribution >= 4 is 24.3 Å². The van der Waals surface area contributed by atoms with Crippen molar-refractivity contribution in [3.8, 4) is 5.75 Å². The van der Waals surface area contributed by atoms with Crippen LogP contribution in [-0.4, -0.2) is 26.3 Å². The van der Waals surface area contributed by atoms with Gasteiger partial charge in [-0.25, -0.2) is 0 Å². The molecule has 0 aliphatic carbocycles. The summed E-state index contributed by atoms with van der Waals surface area (Å²) in [5.74, 6) is -1.47. The summed E-state index contributed by atoms with van der Waals surface area (Å²) >= 11 is 0. The number of ether oxygens (including phenoxy) is 2. The molecule has 0 amide bonds.